The van der Waals surface area contributed by atoms with E-state index in [1.165, 1.54) is 22.9 Å². The molecular formula is C20H15N3O3S. The van der Waals surface area contributed by atoms with Crippen molar-refractivity contribution in [1.82, 2.24) is 15.2 Å². The minimum absolute atomic E-state index is 0.336. The van der Waals surface area contributed by atoms with Gasteiger partial charge in [-0.05, 0) is 60.2 Å². The average molecular weight is 377 g/mol. The Balaban J connectivity index is 1.44. The van der Waals surface area contributed by atoms with E-state index in [1.807, 2.05) is 18.2 Å². The van der Waals surface area contributed by atoms with Crippen LogP contribution in [0.15, 0.2) is 61.6 Å². The number of aryl methyl sites for hydroxylation is 2. The molecule has 0 unspecified atom stereocenters. The average Bonchev–Trinajstić information content (AvgIpc) is 3.34. The lowest BCUT2D eigenvalue weighted by Gasteiger charge is -2.07. The normalized spacial score (nSPS) is 13.2. The van der Waals surface area contributed by atoms with E-state index in [4.69, 9.17) is 8.83 Å². The second-order valence-electron chi connectivity index (χ2n) is 6.46. The Labute approximate surface area is 158 Å². The van der Waals surface area contributed by atoms with Gasteiger partial charge in [0, 0.05) is 29.6 Å². The second-order valence-corrected chi connectivity index (χ2v) is 7.39. The first-order valence-electron chi connectivity index (χ1n) is 8.71. The van der Waals surface area contributed by atoms with E-state index in [-0.39, 0.29) is 5.63 Å². The van der Waals surface area contributed by atoms with Gasteiger partial charge >= 0.3 is 5.63 Å². The summed E-state index contributed by atoms with van der Waals surface area (Å²) in [5.74, 6) is 0.982. The van der Waals surface area contributed by atoms with E-state index in [1.54, 1.807) is 18.5 Å². The number of aromatic nitrogens is 3. The molecule has 0 N–H and O–H groups in total. The van der Waals surface area contributed by atoms with E-state index in [2.05, 4.69) is 21.2 Å². The number of hydrogen-bond acceptors (Lipinski definition) is 7. The highest BCUT2D eigenvalue weighted by molar-refractivity contribution is 7.98. The van der Waals surface area contributed by atoms with Gasteiger partial charge in [0.05, 0.1) is 5.56 Å². The number of pyridine rings is 1. The molecule has 1 aliphatic carbocycles. The highest BCUT2D eigenvalue weighted by Gasteiger charge is 2.16. The monoisotopic (exact) mass is 377 g/mol. The van der Waals surface area contributed by atoms with Crippen molar-refractivity contribution in [2.75, 3.05) is 0 Å². The third kappa shape index (κ3) is 3.14. The maximum absolute atomic E-state index is 12.0. The third-order valence-electron chi connectivity index (χ3n) is 4.71. The van der Waals surface area contributed by atoms with Crippen molar-refractivity contribution in [2.45, 2.75) is 30.2 Å². The molecule has 5 rings (SSSR count). The fourth-order valence-electron chi connectivity index (χ4n) is 3.43. The number of nitrogens with zero attached hydrogens (tertiary/aromatic N) is 3. The molecule has 0 saturated carbocycles. The molecule has 0 bridgehead atoms. The maximum Gasteiger partial charge on any atom is 0.336 e. The summed E-state index contributed by atoms with van der Waals surface area (Å²) in [6.45, 7) is 0. The molecule has 0 radical (unpaired) electrons. The van der Waals surface area contributed by atoms with E-state index >= 15 is 0 Å². The molecule has 0 spiro atoms. The highest BCUT2D eigenvalue weighted by atomic mass is 32.2. The first kappa shape index (κ1) is 16.3. The number of benzene rings is 1. The Hall–Kier alpha value is -2.93. The number of hydrogen-bond donors (Lipinski definition) is 0. The molecule has 0 aliphatic heterocycles. The largest absolute Gasteiger partial charge is 0.423 e. The Morgan fingerprint density at radius 3 is 2.81 bits per heavy atom. The first-order valence-corrected chi connectivity index (χ1v) is 9.70. The lowest BCUT2D eigenvalue weighted by molar-refractivity contribution is 0.465. The molecular weight excluding hydrogens is 362 g/mol. The zero-order chi connectivity index (χ0) is 18.2. The first-order chi connectivity index (χ1) is 13.3. The van der Waals surface area contributed by atoms with E-state index < -0.39 is 0 Å². The van der Waals surface area contributed by atoms with Crippen LogP contribution in [0.25, 0.3) is 22.4 Å². The van der Waals surface area contributed by atoms with Crippen LogP contribution >= 0.6 is 11.8 Å². The van der Waals surface area contributed by atoms with Gasteiger partial charge in [0.2, 0.25) is 5.89 Å². The van der Waals surface area contributed by atoms with Gasteiger partial charge < -0.3 is 8.83 Å². The molecule has 6 nitrogen and oxygen atoms in total. The minimum Gasteiger partial charge on any atom is -0.423 e. The summed E-state index contributed by atoms with van der Waals surface area (Å²) >= 11 is 1.40. The van der Waals surface area contributed by atoms with Crippen molar-refractivity contribution >= 4 is 22.7 Å². The SMILES string of the molecule is O=c1cc(CSc2nnc(-c3cccnc3)o2)c2cc3c(cc2o1)CCC3. The molecule has 3 aromatic heterocycles. The quantitative estimate of drug-likeness (QED) is 0.392. The number of rotatable bonds is 4. The predicted molar refractivity (Wildman–Crippen MR) is 102 cm³/mol. The number of thioether (sulfide) groups is 1. The lowest BCUT2D eigenvalue weighted by Crippen LogP contribution is -2.01. The Morgan fingerprint density at radius 1 is 1.07 bits per heavy atom. The van der Waals surface area contributed by atoms with Crippen molar-refractivity contribution in [3.63, 3.8) is 0 Å². The molecule has 1 aromatic carbocycles. The number of fused-ring (bicyclic) bond motifs is 2. The molecule has 0 fully saturated rings. The second kappa shape index (κ2) is 6.66. The lowest BCUT2D eigenvalue weighted by atomic mass is 10.0. The molecule has 27 heavy (non-hydrogen) atoms. The summed E-state index contributed by atoms with van der Waals surface area (Å²) in [5, 5.41) is 9.59. The van der Waals surface area contributed by atoms with Gasteiger partial charge in [0.15, 0.2) is 0 Å². The highest BCUT2D eigenvalue weighted by Crippen LogP contribution is 2.31. The summed E-state index contributed by atoms with van der Waals surface area (Å²) in [7, 11) is 0. The Kier molecular flexibility index (Phi) is 4.01. The van der Waals surface area contributed by atoms with Crippen molar-refractivity contribution in [3.05, 3.63) is 69.8 Å². The van der Waals surface area contributed by atoms with Crippen LogP contribution in [0, 0.1) is 0 Å². The van der Waals surface area contributed by atoms with Gasteiger partial charge in [-0.3, -0.25) is 4.98 Å². The van der Waals surface area contributed by atoms with E-state index in [9.17, 15) is 4.79 Å². The topological polar surface area (TPSA) is 82.0 Å². The molecule has 1 aliphatic rings. The molecule has 7 heteroatoms. The van der Waals surface area contributed by atoms with Crippen LogP contribution in [0.4, 0.5) is 0 Å². The molecule has 0 atom stereocenters. The van der Waals surface area contributed by atoms with Crippen LogP contribution in [-0.4, -0.2) is 15.2 Å². The standard InChI is InChI=1S/C20H15N3O3S/c24-18-9-15(16-7-12-3-1-4-13(12)8-17(16)25-18)11-27-20-23-22-19(26-20)14-5-2-6-21-10-14/h2,5-10H,1,3-4,11H2. The van der Waals surface area contributed by atoms with Gasteiger partial charge in [0.25, 0.3) is 5.22 Å². The van der Waals surface area contributed by atoms with Crippen LogP contribution in [0.3, 0.4) is 0 Å². The molecule has 134 valence electrons. The van der Waals surface area contributed by atoms with E-state index in [0.717, 1.165) is 35.8 Å². The fourth-order valence-corrected chi connectivity index (χ4v) is 4.18. The smallest absolute Gasteiger partial charge is 0.336 e. The van der Waals surface area contributed by atoms with Crippen molar-refractivity contribution in [2.24, 2.45) is 0 Å². The van der Waals surface area contributed by atoms with Crippen molar-refractivity contribution < 1.29 is 8.83 Å². The molecule has 3 heterocycles. The zero-order valence-corrected chi connectivity index (χ0v) is 15.2. The van der Waals surface area contributed by atoms with Crippen molar-refractivity contribution in [3.8, 4) is 11.5 Å². The predicted octanol–water partition coefficient (Wildman–Crippen LogP) is 4.02. The summed E-state index contributed by atoms with van der Waals surface area (Å²) < 4.78 is 11.1. The zero-order valence-electron chi connectivity index (χ0n) is 14.3. The van der Waals surface area contributed by atoms with E-state index in [0.29, 0.717) is 22.4 Å². The van der Waals surface area contributed by atoms with Gasteiger partial charge in [-0.2, -0.15) is 0 Å². The van der Waals surface area contributed by atoms with Crippen LogP contribution in [0.2, 0.25) is 0 Å². The molecule has 0 saturated heterocycles. The van der Waals surface area contributed by atoms with Crippen molar-refractivity contribution in [1.29, 1.82) is 0 Å². The van der Waals surface area contributed by atoms with Gasteiger partial charge in [-0.15, -0.1) is 10.2 Å². The van der Waals surface area contributed by atoms with Crippen LogP contribution in [0.1, 0.15) is 23.1 Å². The Morgan fingerprint density at radius 2 is 1.96 bits per heavy atom. The summed E-state index contributed by atoms with van der Waals surface area (Å²) in [6.07, 6.45) is 6.65. The molecule has 0 amide bonds. The van der Waals surface area contributed by atoms with Crippen LogP contribution in [-0.2, 0) is 18.6 Å². The molecule has 4 aromatic rings. The maximum atomic E-state index is 12.0. The minimum atomic E-state index is -0.336. The van der Waals surface area contributed by atoms with Gasteiger partial charge in [-0.1, -0.05) is 11.8 Å². The van der Waals surface area contributed by atoms with Crippen LogP contribution in [0.5, 0.6) is 0 Å². The summed E-state index contributed by atoms with van der Waals surface area (Å²) in [6, 6.07) is 9.41. The van der Waals surface area contributed by atoms with Crippen LogP contribution < -0.4 is 5.63 Å². The summed E-state index contributed by atoms with van der Waals surface area (Å²) in [4.78, 5) is 16.0. The fraction of sp³-hybridized carbons (Fsp3) is 0.200. The summed E-state index contributed by atoms with van der Waals surface area (Å²) in [5.41, 5.74) is 4.64. The third-order valence-corrected chi connectivity index (χ3v) is 5.58. The Bertz CT molecular complexity index is 1180. The van der Waals surface area contributed by atoms with Gasteiger partial charge in [-0.25, -0.2) is 4.79 Å². The van der Waals surface area contributed by atoms with Gasteiger partial charge in [0.1, 0.15) is 5.58 Å².